The summed E-state index contributed by atoms with van der Waals surface area (Å²) in [5, 5.41) is 3.46. The molecule has 0 bridgehead atoms. The van der Waals surface area contributed by atoms with Crippen molar-refractivity contribution >= 4 is 17.3 Å². The van der Waals surface area contributed by atoms with E-state index in [1.165, 1.54) is 32.1 Å². The first-order valence-electron chi connectivity index (χ1n) is 7.06. The van der Waals surface area contributed by atoms with Crippen molar-refractivity contribution in [1.82, 2.24) is 0 Å². The number of nitrogens with two attached hydrogens (primary N) is 2. The Kier molecular flexibility index (Phi) is 4.30. The van der Waals surface area contributed by atoms with E-state index in [2.05, 4.69) is 12.2 Å². The standard InChI is InChI=1S/C15H23N3O/c1-2-10-3-6-12(7-4-10)18-14-9-11(15(17)19)5-8-13(14)16/h5,8-10,12,18H,2-4,6-7,16H2,1H3,(H2,17,19). The van der Waals surface area contributed by atoms with Gasteiger partial charge in [0.25, 0.3) is 0 Å². The molecule has 1 saturated carbocycles. The Morgan fingerprint density at radius 1 is 1.32 bits per heavy atom. The van der Waals surface area contributed by atoms with Crippen molar-refractivity contribution < 1.29 is 4.79 Å². The van der Waals surface area contributed by atoms with Crippen molar-refractivity contribution in [2.75, 3.05) is 11.1 Å². The van der Waals surface area contributed by atoms with Crippen LogP contribution in [-0.2, 0) is 0 Å². The first-order valence-corrected chi connectivity index (χ1v) is 7.06. The summed E-state index contributed by atoms with van der Waals surface area (Å²) in [5.41, 5.74) is 13.2. The minimum absolute atomic E-state index is 0.419. The van der Waals surface area contributed by atoms with Crippen LogP contribution in [0.5, 0.6) is 0 Å². The minimum atomic E-state index is -0.419. The highest BCUT2D eigenvalue weighted by atomic mass is 16.1. The van der Waals surface area contributed by atoms with Gasteiger partial charge in [-0.1, -0.05) is 13.3 Å². The molecule has 104 valence electrons. The minimum Gasteiger partial charge on any atom is -0.397 e. The second-order valence-corrected chi connectivity index (χ2v) is 5.44. The average molecular weight is 261 g/mol. The molecule has 1 fully saturated rings. The number of nitrogens with one attached hydrogen (secondary N) is 1. The molecule has 0 aromatic heterocycles. The molecule has 2 rings (SSSR count). The largest absolute Gasteiger partial charge is 0.397 e. The highest BCUT2D eigenvalue weighted by Crippen LogP contribution is 2.30. The monoisotopic (exact) mass is 261 g/mol. The van der Waals surface area contributed by atoms with Crippen molar-refractivity contribution in [2.24, 2.45) is 11.7 Å². The van der Waals surface area contributed by atoms with Gasteiger partial charge in [-0.05, 0) is 49.8 Å². The van der Waals surface area contributed by atoms with E-state index in [1.807, 2.05) is 0 Å². The zero-order valence-electron chi connectivity index (χ0n) is 11.5. The molecule has 1 aliphatic rings. The van der Waals surface area contributed by atoms with Gasteiger partial charge in [-0.3, -0.25) is 4.79 Å². The summed E-state index contributed by atoms with van der Waals surface area (Å²) in [4.78, 5) is 11.2. The average Bonchev–Trinajstić information content (AvgIpc) is 2.42. The maximum Gasteiger partial charge on any atom is 0.248 e. The van der Waals surface area contributed by atoms with Crippen LogP contribution in [-0.4, -0.2) is 11.9 Å². The molecule has 4 heteroatoms. The Labute approximate surface area is 114 Å². The first-order chi connectivity index (χ1) is 9.10. The van der Waals surface area contributed by atoms with E-state index in [9.17, 15) is 4.79 Å². The van der Waals surface area contributed by atoms with Gasteiger partial charge in [0.05, 0.1) is 11.4 Å². The van der Waals surface area contributed by atoms with Gasteiger partial charge in [0.15, 0.2) is 0 Å². The molecule has 0 spiro atoms. The second-order valence-electron chi connectivity index (χ2n) is 5.44. The molecule has 0 aliphatic heterocycles. The number of carbonyl (C=O) groups excluding carboxylic acids is 1. The highest BCUT2D eigenvalue weighted by Gasteiger charge is 2.20. The predicted molar refractivity (Wildman–Crippen MR) is 79.0 cm³/mol. The Morgan fingerprint density at radius 3 is 2.58 bits per heavy atom. The van der Waals surface area contributed by atoms with Gasteiger partial charge < -0.3 is 16.8 Å². The maximum atomic E-state index is 11.2. The van der Waals surface area contributed by atoms with Gasteiger partial charge in [0.1, 0.15) is 0 Å². The van der Waals surface area contributed by atoms with Crippen molar-refractivity contribution in [1.29, 1.82) is 0 Å². The van der Waals surface area contributed by atoms with E-state index in [0.717, 1.165) is 11.6 Å². The smallest absolute Gasteiger partial charge is 0.248 e. The zero-order valence-corrected chi connectivity index (χ0v) is 11.5. The lowest BCUT2D eigenvalue weighted by atomic mass is 9.84. The van der Waals surface area contributed by atoms with Crippen LogP contribution in [0.4, 0.5) is 11.4 Å². The summed E-state index contributed by atoms with van der Waals surface area (Å²) < 4.78 is 0. The molecule has 5 N–H and O–H groups in total. The predicted octanol–water partition coefficient (Wildman–Crippen LogP) is 2.75. The molecule has 0 heterocycles. The SMILES string of the molecule is CCC1CCC(Nc2cc(C(N)=O)ccc2N)CC1. The number of benzene rings is 1. The van der Waals surface area contributed by atoms with Crippen LogP contribution in [0.25, 0.3) is 0 Å². The molecule has 1 amide bonds. The fourth-order valence-corrected chi connectivity index (χ4v) is 2.77. The number of primary amides is 1. The lowest BCUT2D eigenvalue weighted by Crippen LogP contribution is -2.26. The van der Waals surface area contributed by atoms with E-state index < -0.39 is 5.91 Å². The molecule has 0 unspecified atom stereocenters. The van der Waals surface area contributed by atoms with E-state index in [0.29, 0.717) is 17.3 Å². The third kappa shape index (κ3) is 3.40. The van der Waals surface area contributed by atoms with Crippen LogP contribution in [0.1, 0.15) is 49.4 Å². The molecule has 0 saturated heterocycles. The van der Waals surface area contributed by atoms with Crippen molar-refractivity contribution in [2.45, 2.75) is 45.1 Å². The van der Waals surface area contributed by atoms with Crippen LogP contribution in [0.15, 0.2) is 18.2 Å². The van der Waals surface area contributed by atoms with Crippen LogP contribution in [0.3, 0.4) is 0 Å². The second kappa shape index (κ2) is 5.95. The van der Waals surface area contributed by atoms with Gasteiger partial charge in [-0.2, -0.15) is 0 Å². The fourth-order valence-electron chi connectivity index (χ4n) is 2.77. The molecule has 19 heavy (non-hydrogen) atoms. The van der Waals surface area contributed by atoms with E-state index in [-0.39, 0.29) is 0 Å². The van der Waals surface area contributed by atoms with Crippen molar-refractivity contribution in [3.05, 3.63) is 23.8 Å². The fraction of sp³-hybridized carbons (Fsp3) is 0.533. The lowest BCUT2D eigenvalue weighted by Gasteiger charge is -2.29. The Morgan fingerprint density at radius 2 is 2.00 bits per heavy atom. The summed E-state index contributed by atoms with van der Waals surface area (Å²) in [6.45, 7) is 2.26. The number of nitrogen functional groups attached to an aromatic ring is 1. The summed E-state index contributed by atoms with van der Waals surface area (Å²) in [6.07, 6.45) is 6.14. The molecule has 0 atom stereocenters. The topological polar surface area (TPSA) is 81.1 Å². The Hall–Kier alpha value is -1.71. The molecule has 4 nitrogen and oxygen atoms in total. The van der Waals surface area contributed by atoms with Gasteiger partial charge in [-0.15, -0.1) is 0 Å². The molecule has 0 radical (unpaired) electrons. The zero-order chi connectivity index (χ0) is 13.8. The summed E-state index contributed by atoms with van der Waals surface area (Å²) >= 11 is 0. The Bertz CT molecular complexity index is 451. The number of anilines is 2. The Balaban J connectivity index is 2.03. The summed E-state index contributed by atoms with van der Waals surface area (Å²) in [7, 11) is 0. The molecular weight excluding hydrogens is 238 g/mol. The number of amides is 1. The molecule has 1 aromatic rings. The van der Waals surface area contributed by atoms with Gasteiger partial charge in [-0.25, -0.2) is 0 Å². The maximum absolute atomic E-state index is 11.2. The molecular formula is C15H23N3O. The van der Waals surface area contributed by atoms with Crippen molar-refractivity contribution in [3.8, 4) is 0 Å². The van der Waals surface area contributed by atoms with Gasteiger partial charge >= 0.3 is 0 Å². The number of carbonyl (C=O) groups is 1. The quantitative estimate of drug-likeness (QED) is 0.729. The van der Waals surface area contributed by atoms with Crippen LogP contribution in [0.2, 0.25) is 0 Å². The van der Waals surface area contributed by atoms with E-state index in [1.54, 1.807) is 18.2 Å². The molecule has 1 aromatic carbocycles. The highest BCUT2D eigenvalue weighted by molar-refractivity contribution is 5.94. The summed E-state index contributed by atoms with van der Waals surface area (Å²) in [5.74, 6) is 0.449. The number of hydrogen-bond acceptors (Lipinski definition) is 3. The van der Waals surface area contributed by atoms with E-state index in [4.69, 9.17) is 11.5 Å². The van der Waals surface area contributed by atoms with Gasteiger partial charge in [0, 0.05) is 11.6 Å². The third-order valence-corrected chi connectivity index (χ3v) is 4.12. The number of rotatable bonds is 4. The van der Waals surface area contributed by atoms with Gasteiger partial charge in [0.2, 0.25) is 5.91 Å². The van der Waals surface area contributed by atoms with Crippen molar-refractivity contribution in [3.63, 3.8) is 0 Å². The van der Waals surface area contributed by atoms with Crippen LogP contribution in [0, 0.1) is 5.92 Å². The normalized spacial score (nSPS) is 23.0. The number of hydrogen-bond donors (Lipinski definition) is 3. The first kappa shape index (κ1) is 13.7. The van der Waals surface area contributed by atoms with Crippen LogP contribution < -0.4 is 16.8 Å². The molecule has 1 aliphatic carbocycles. The summed E-state index contributed by atoms with van der Waals surface area (Å²) in [6, 6.07) is 5.61. The van der Waals surface area contributed by atoms with E-state index >= 15 is 0 Å². The lowest BCUT2D eigenvalue weighted by molar-refractivity contribution is 0.100. The van der Waals surface area contributed by atoms with Crippen LogP contribution >= 0.6 is 0 Å². The third-order valence-electron chi connectivity index (χ3n) is 4.12.